The van der Waals surface area contributed by atoms with Crippen LogP contribution >= 0.6 is 10.7 Å². The zero-order valence-corrected chi connectivity index (χ0v) is 5.17. The van der Waals surface area contributed by atoms with Crippen molar-refractivity contribution in [1.82, 2.24) is 0 Å². The van der Waals surface area contributed by atoms with E-state index in [1.165, 1.54) is 6.08 Å². The average molecular weight is 141 g/mol. The summed E-state index contributed by atoms with van der Waals surface area (Å²) in [6.45, 7) is 3.55. The summed E-state index contributed by atoms with van der Waals surface area (Å²) in [5, 5.41) is 0. The summed E-state index contributed by atoms with van der Waals surface area (Å²) in [4.78, 5) is 0. The van der Waals surface area contributed by atoms with E-state index < -0.39 is 10.3 Å². The van der Waals surface area contributed by atoms with Crippen molar-refractivity contribution in [3.05, 3.63) is 12.7 Å². The molecule has 4 heteroatoms. The molecule has 2 nitrogen and oxygen atoms in total. The van der Waals surface area contributed by atoms with Crippen LogP contribution in [0, 0.1) is 0 Å². The molecule has 0 heterocycles. The van der Waals surface area contributed by atoms with Crippen molar-refractivity contribution in [3.63, 3.8) is 0 Å². The second-order valence-corrected chi connectivity index (χ2v) is 2.15. The van der Waals surface area contributed by atoms with Gasteiger partial charge >= 0.3 is 0 Å². The van der Waals surface area contributed by atoms with Gasteiger partial charge in [0.05, 0.1) is 6.61 Å². The molecule has 42 valence electrons. The minimum Gasteiger partial charge on any atom is -0.274 e. The van der Waals surface area contributed by atoms with Crippen LogP contribution in [0.25, 0.3) is 0 Å². The molecule has 0 spiro atoms. The molecule has 0 aliphatic heterocycles. The topological polar surface area (TPSA) is 26.3 Å². The second kappa shape index (κ2) is 4.30. The Labute approximate surface area is 49.3 Å². The number of hydrogen-bond donors (Lipinski definition) is 0. The molecule has 0 bridgehead atoms. The molecule has 0 aromatic carbocycles. The fourth-order valence-corrected chi connectivity index (χ4v) is 0.459. The van der Waals surface area contributed by atoms with Crippen molar-refractivity contribution in [2.24, 2.45) is 0 Å². The highest BCUT2D eigenvalue weighted by Gasteiger charge is 1.85. The van der Waals surface area contributed by atoms with Gasteiger partial charge in [-0.2, -0.15) is 0 Å². The molecule has 0 saturated carbocycles. The van der Waals surface area contributed by atoms with Gasteiger partial charge in [0, 0.05) is 10.7 Å². The zero-order valence-electron chi connectivity index (χ0n) is 3.59. The molecule has 0 amide bonds. The van der Waals surface area contributed by atoms with Crippen LogP contribution < -0.4 is 0 Å². The van der Waals surface area contributed by atoms with Crippen molar-refractivity contribution < 1.29 is 8.39 Å². The molecule has 0 saturated heterocycles. The molecule has 0 N–H and O–H groups in total. The van der Waals surface area contributed by atoms with Crippen LogP contribution in [0.5, 0.6) is 0 Å². The molecule has 0 aromatic heterocycles. The summed E-state index contributed by atoms with van der Waals surface area (Å²) in [5.74, 6) is 0. The largest absolute Gasteiger partial charge is 0.274 e. The first-order chi connectivity index (χ1) is 3.27. The third-order valence-electron chi connectivity index (χ3n) is 0.279. The van der Waals surface area contributed by atoms with Gasteiger partial charge in [-0.25, -0.2) is 4.21 Å². The van der Waals surface area contributed by atoms with Crippen molar-refractivity contribution in [2.75, 3.05) is 6.61 Å². The quantitative estimate of drug-likeness (QED) is 0.432. The monoisotopic (exact) mass is 140 g/mol. The first kappa shape index (κ1) is 7.14. The van der Waals surface area contributed by atoms with Crippen LogP contribution in [0.4, 0.5) is 0 Å². The molecular formula is C3H5ClO2S. The van der Waals surface area contributed by atoms with Crippen LogP contribution in [0.1, 0.15) is 0 Å². The fraction of sp³-hybridized carbons (Fsp3) is 0.333. The molecule has 0 aliphatic rings. The van der Waals surface area contributed by atoms with E-state index in [0.717, 1.165) is 0 Å². The smallest absolute Gasteiger partial charge is 0.256 e. The molecular weight excluding hydrogens is 136 g/mol. The van der Waals surface area contributed by atoms with Crippen LogP contribution in [0.15, 0.2) is 12.7 Å². The van der Waals surface area contributed by atoms with E-state index in [4.69, 9.17) is 10.7 Å². The SMILES string of the molecule is C=CCOS(=O)Cl. The number of rotatable bonds is 3. The van der Waals surface area contributed by atoms with E-state index in [0.29, 0.717) is 0 Å². The summed E-state index contributed by atoms with van der Waals surface area (Å²) >= 11 is 0. The highest BCUT2D eigenvalue weighted by Crippen LogP contribution is 1.88. The summed E-state index contributed by atoms with van der Waals surface area (Å²) in [5.41, 5.74) is 0. The molecule has 7 heavy (non-hydrogen) atoms. The predicted octanol–water partition coefficient (Wildman–Crippen LogP) is 1.01. The predicted molar refractivity (Wildman–Crippen MR) is 30.1 cm³/mol. The molecule has 1 unspecified atom stereocenters. The van der Waals surface area contributed by atoms with E-state index in [-0.39, 0.29) is 6.61 Å². The third-order valence-corrected chi connectivity index (χ3v) is 0.867. The van der Waals surface area contributed by atoms with Gasteiger partial charge in [0.25, 0.3) is 10.3 Å². The molecule has 0 aromatic rings. The summed E-state index contributed by atoms with van der Waals surface area (Å²) in [7, 11) is 3.19. The van der Waals surface area contributed by atoms with Gasteiger partial charge in [-0.3, -0.25) is 4.18 Å². The fourth-order valence-electron chi connectivity index (χ4n) is 0.102. The third kappa shape index (κ3) is 6.14. The highest BCUT2D eigenvalue weighted by atomic mass is 35.7. The first-order valence-corrected chi connectivity index (χ1v) is 3.49. The van der Waals surface area contributed by atoms with Crippen molar-refractivity contribution in [3.8, 4) is 0 Å². The van der Waals surface area contributed by atoms with Gasteiger partial charge in [-0.05, 0) is 0 Å². The van der Waals surface area contributed by atoms with Crippen LogP contribution in [0.2, 0.25) is 0 Å². The Bertz CT molecular complexity index is 83.0. The van der Waals surface area contributed by atoms with Gasteiger partial charge in [0.15, 0.2) is 0 Å². The van der Waals surface area contributed by atoms with Crippen molar-refractivity contribution in [2.45, 2.75) is 0 Å². The lowest BCUT2D eigenvalue weighted by atomic mass is 10.7. The van der Waals surface area contributed by atoms with E-state index in [2.05, 4.69) is 10.8 Å². The minimum atomic E-state index is -1.66. The Balaban J connectivity index is 2.97. The molecule has 0 radical (unpaired) electrons. The average Bonchev–Trinajstić information content (AvgIpc) is 1.61. The van der Waals surface area contributed by atoms with Crippen molar-refractivity contribution in [1.29, 1.82) is 0 Å². The lowest BCUT2D eigenvalue weighted by Gasteiger charge is -1.85. The Morgan fingerprint density at radius 1 is 2.00 bits per heavy atom. The summed E-state index contributed by atoms with van der Waals surface area (Å²) in [6, 6.07) is 0. The molecule has 0 rings (SSSR count). The van der Waals surface area contributed by atoms with Crippen LogP contribution in [0.3, 0.4) is 0 Å². The van der Waals surface area contributed by atoms with Crippen LogP contribution in [-0.2, 0) is 14.5 Å². The van der Waals surface area contributed by atoms with E-state index in [9.17, 15) is 4.21 Å². The number of hydrogen-bond acceptors (Lipinski definition) is 2. The minimum absolute atomic E-state index is 0.232. The zero-order chi connectivity index (χ0) is 5.70. The Hall–Kier alpha value is 0.140. The van der Waals surface area contributed by atoms with E-state index >= 15 is 0 Å². The van der Waals surface area contributed by atoms with Gasteiger partial charge in [-0.1, -0.05) is 6.08 Å². The maximum atomic E-state index is 9.81. The van der Waals surface area contributed by atoms with Crippen LogP contribution in [-0.4, -0.2) is 10.8 Å². The van der Waals surface area contributed by atoms with E-state index in [1.54, 1.807) is 0 Å². The highest BCUT2D eigenvalue weighted by molar-refractivity contribution is 8.04. The van der Waals surface area contributed by atoms with Gasteiger partial charge in [0.2, 0.25) is 0 Å². The maximum Gasteiger partial charge on any atom is 0.256 e. The van der Waals surface area contributed by atoms with E-state index in [1.807, 2.05) is 0 Å². The Morgan fingerprint density at radius 2 is 2.57 bits per heavy atom. The number of halogens is 1. The maximum absolute atomic E-state index is 9.81. The van der Waals surface area contributed by atoms with Gasteiger partial charge in [-0.15, -0.1) is 6.58 Å². The van der Waals surface area contributed by atoms with Crippen molar-refractivity contribution >= 4 is 21.0 Å². The van der Waals surface area contributed by atoms with Gasteiger partial charge < -0.3 is 0 Å². The standard InChI is InChI=1S/C3H5ClO2S/c1-2-3-6-7(4)5/h2H,1,3H2. The second-order valence-electron chi connectivity index (χ2n) is 0.767. The normalized spacial score (nSPS) is 13.3. The Kier molecular flexibility index (Phi) is 4.39. The Morgan fingerprint density at radius 3 is 2.71 bits per heavy atom. The molecule has 0 fully saturated rings. The lowest BCUT2D eigenvalue weighted by molar-refractivity contribution is 0.404. The molecule has 0 aliphatic carbocycles. The van der Waals surface area contributed by atoms with Gasteiger partial charge in [0.1, 0.15) is 0 Å². The lowest BCUT2D eigenvalue weighted by Crippen LogP contribution is -1.86. The summed E-state index contributed by atoms with van der Waals surface area (Å²) in [6.07, 6.45) is 1.47. The molecule has 1 atom stereocenters. The summed E-state index contributed by atoms with van der Waals surface area (Å²) < 4.78 is 14.1. The first-order valence-electron chi connectivity index (χ1n) is 1.59.